The first-order chi connectivity index (χ1) is 8.29. The molecule has 0 aliphatic rings. The van der Waals surface area contributed by atoms with E-state index in [0.717, 1.165) is 21.3 Å². The van der Waals surface area contributed by atoms with Crippen LogP contribution in [0.1, 0.15) is 16.6 Å². The Morgan fingerprint density at radius 1 is 1.35 bits per heavy atom. The van der Waals surface area contributed by atoms with Crippen LogP contribution in [0.25, 0.3) is 21.3 Å². The van der Waals surface area contributed by atoms with Crippen LogP contribution in [0.2, 0.25) is 0 Å². The van der Waals surface area contributed by atoms with Crippen LogP contribution in [0.5, 0.6) is 0 Å². The molecule has 3 rings (SSSR count). The standard InChI is InChI=1S/C13H10O3S/c1-2-15-12(14)11-7-9-8-5-3-4-6-10(8)16-13(9)17-11/h3-7H,2H2,1H3. The molecule has 86 valence electrons. The molecule has 17 heavy (non-hydrogen) atoms. The molecule has 1 aromatic carbocycles. The number of benzene rings is 1. The van der Waals surface area contributed by atoms with Gasteiger partial charge in [-0.1, -0.05) is 29.5 Å². The molecule has 0 spiro atoms. The van der Waals surface area contributed by atoms with Crippen molar-refractivity contribution in [1.82, 2.24) is 0 Å². The van der Waals surface area contributed by atoms with Crippen molar-refractivity contribution in [1.29, 1.82) is 0 Å². The van der Waals surface area contributed by atoms with Crippen molar-refractivity contribution in [3.63, 3.8) is 0 Å². The summed E-state index contributed by atoms with van der Waals surface area (Å²) in [5, 5.41) is 2.02. The third-order valence-corrected chi connectivity index (χ3v) is 3.55. The highest BCUT2D eigenvalue weighted by atomic mass is 32.1. The number of esters is 1. The van der Waals surface area contributed by atoms with Gasteiger partial charge in [0.15, 0.2) is 4.90 Å². The molecular formula is C13H10O3S. The van der Waals surface area contributed by atoms with Gasteiger partial charge in [-0.15, -0.1) is 0 Å². The Hall–Kier alpha value is -1.81. The third-order valence-electron chi connectivity index (χ3n) is 2.55. The molecule has 0 atom stereocenters. The van der Waals surface area contributed by atoms with E-state index < -0.39 is 0 Å². The molecule has 0 aliphatic carbocycles. The predicted octanol–water partition coefficient (Wildman–Crippen LogP) is 3.82. The summed E-state index contributed by atoms with van der Waals surface area (Å²) >= 11 is 1.33. The number of thiophene rings is 1. The van der Waals surface area contributed by atoms with E-state index in [-0.39, 0.29) is 5.97 Å². The second-order valence-corrected chi connectivity index (χ2v) is 4.65. The van der Waals surface area contributed by atoms with Crippen molar-refractivity contribution in [2.75, 3.05) is 6.61 Å². The number of ether oxygens (including phenoxy) is 1. The van der Waals surface area contributed by atoms with E-state index in [1.165, 1.54) is 11.3 Å². The van der Waals surface area contributed by atoms with Crippen LogP contribution in [0.3, 0.4) is 0 Å². The number of rotatable bonds is 2. The third kappa shape index (κ3) is 1.61. The van der Waals surface area contributed by atoms with E-state index in [2.05, 4.69) is 0 Å². The number of hydrogen-bond donors (Lipinski definition) is 0. The quantitative estimate of drug-likeness (QED) is 0.645. The fraction of sp³-hybridized carbons (Fsp3) is 0.154. The molecule has 0 saturated carbocycles. The van der Waals surface area contributed by atoms with Crippen LogP contribution >= 0.6 is 11.3 Å². The van der Waals surface area contributed by atoms with Gasteiger partial charge in [-0.25, -0.2) is 4.79 Å². The van der Waals surface area contributed by atoms with Crippen molar-refractivity contribution in [3.05, 3.63) is 35.2 Å². The maximum absolute atomic E-state index is 11.6. The molecule has 0 saturated heterocycles. The summed E-state index contributed by atoms with van der Waals surface area (Å²) in [4.78, 5) is 13.0. The Labute approximate surface area is 102 Å². The summed E-state index contributed by atoms with van der Waals surface area (Å²) in [5.74, 6) is -0.284. The molecule has 0 amide bonds. The number of carbonyl (C=O) groups excluding carboxylic acids is 1. The summed E-state index contributed by atoms with van der Waals surface area (Å²) in [5.41, 5.74) is 0.851. The molecule has 0 N–H and O–H groups in total. The lowest BCUT2D eigenvalue weighted by atomic mass is 10.2. The maximum atomic E-state index is 11.6. The van der Waals surface area contributed by atoms with Crippen molar-refractivity contribution >= 4 is 38.6 Å². The predicted molar refractivity (Wildman–Crippen MR) is 67.6 cm³/mol. The van der Waals surface area contributed by atoms with Crippen molar-refractivity contribution in [3.8, 4) is 0 Å². The largest absolute Gasteiger partial charge is 0.462 e. The van der Waals surface area contributed by atoms with E-state index in [4.69, 9.17) is 9.15 Å². The zero-order chi connectivity index (χ0) is 11.8. The molecule has 3 aromatic rings. The SMILES string of the molecule is CCOC(=O)c1cc2c(oc3ccccc32)s1. The van der Waals surface area contributed by atoms with E-state index in [1.807, 2.05) is 30.3 Å². The lowest BCUT2D eigenvalue weighted by Gasteiger charge is -1.96. The Kier molecular flexibility index (Phi) is 2.37. The lowest BCUT2D eigenvalue weighted by Crippen LogP contribution is -2.01. The summed E-state index contributed by atoms with van der Waals surface area (Å²) in [6.07, 6.45) is 0. The number of carbonyl (C=O) groups is 1. The molecule has 0 unspecified atom stereocenters. The zero-order valence-corrected chi connectivity index (χ0v) is 10.0. The molecule has 0 aliphatic heterocycles. The molecule has 0 fully saturated rings. The van der Waals surface area contributed by atoms with Crippen LogP contribution in [0, 0.1) is 0 Å². The van der Waals surface area contributed by atoms with Gasteiger partial charge in [0.05, 0.1) is 6.61 Å². The van der Waals surface area contributed by atoms with Crippen molar-refractivity contribution in [2.45, 2.75) is 6.92 Å². The first-order valence-corrected chi connectivity index (χ1v) is 6.19. The van der Waals surface area contributed by atoms with Gasteiger partial charge in [0, 0.05) is 10.8 Å². The van der Waals surface area contributed by atoms with E-state index >= 15 is 0 Å². The number of furan rings is 1. The highest BCUT2D eigenvalue weighted by Crippen LogP contribution is 2.34. The summed E-state index contributed by atoms with van der Waals surface area (Å²) < 4.78 is 10.6. The van der Waals surface area contributed by atoms with Crippen LogP contribution < -0.4 is 0 Å². The second-order valence-electron chi connectivity index (χ2n) is 3.63. The van der Waals surface area contributed by atoms with Crippen LogP contribution in [0.15, 0.2) is 34.7 Å². The minimum atomic E-state index is -0.284. The lowest BCUT2D eigenvalue weighted by molar-refractivity contribution is 0.0532. The summed E-state index contributed by atoms with van der Waals surface area (Å²) in [6, 6.07) is 9.64. The molecule has 0 radical (unpaired) electrons. The zero-order valence-electron chi connectivity index (χ0n) is 9.23. The Morgan fingerprint density at radius 2 is 2.18 bits per heavy atom. The van der Waals surface area contributed by atoms with Crippen LogP contribution in [-0.2, 0) is 4.74 Å². The Bertz CT molecular complexity index is 693. The highest BCUT2D eigenvalue weighted by Gasteiger charge is 2.15. The minimum Gasteiger partial charge on any atom is -0.462 e. The first kappa shape index (κ1) is 10.4. The van der Waals surface area contributed by atoms with Gasteiger partial charge >= 0.3 is 5.97 Å². The Balaban J connectivity index is 2.17. The number of hydrogen-bond acceptors (Lipinski definition) is 4. The van der Waals surface area contributed by atoms with Gasteiger partial charge in [-0.3, -0.25) is 0 Å². The van der Waals surface area contributed by atoms with Gasteiger partial charge in [-0.05, 0) is 19.1 Å². The molecule has 2 aromatic heterocycles. The number of para-hydroxylation sites is 1. The second kappa shape index (κ2) is 3.89. The first-order valence-electron chi connectivity index (χ1n) is 5.38. The highest BCUT2D eigenvalue weighted by molar-refractivity contribution is 7.20. The van der Waals surface area contributed by atoms with Gasteiger partial charge in [0.1, 0.15) is 10.5 Å². The normalized spacial score (nSPS) is 11.1. The van der Waals surface area contributed by atoms with Gasteiger partial charge in [0.25, 0.3) is 0 Å². The van der Waals surface area contributed by atoms with Crippen LogP contribution in [0.4, 0.5) is 0 Å². The van der Waals surface area contributed by atoms with E-state index in [1.54, 1.807) is 6.92 Å². The van der Waals surface area contributed by atoms with Crippen molar-refractivity contribution in [2.24, 2.45) is 0 Å². The molecule has 0 bridgehead atoms. The molecule has 4 heteroatoms. The van der Waals surface area contributed by atoms with Gasteiger partial charge < -0.3 is 9.15 Å². The molecule has 2 heterocycles. The van der Waals surface area contributed by atoms with Crippen LogP contribution in [-0.4, -0.2) is 12.6 Å². The molecule has 3 nitrogen and oxygen atoms in total. The van der Waals surface area contributed by atoms with E-state index in [9.17, 15) is 4.79 Å². The van der Waals surface area contributed by atoms with E-state index in [0.29, 0.717) is 11.5 Å². The van der Waals surface area contributed by atoms with Gasteiger partial charge in [-0.2, -0.15) is 0 Å². The van der Waals surface area contributed by atoms with Gasteiger partial charge in [0.2, 0.25) is 0 Å². The average molecular weight is 246 g/mol. The fourth-order valence-corrected chi connectivity index (χ4v) is 2.75. The minimum absolute atomic E-state index is 0.284. The summed E-state index contributed by atoms with van der Waals surface area (Å²) in [7, 11) is 0. The monoisotopic (exact) mass is 246 g/mol. The smallest absolute Gasteiger partial charge is 0.348 e. The average Bonchev–Trinajstić information content (AvgIpc) is 2.86. The van der Waals surface area contributed by atoms with Crippen molar-refractivity contribution < 1.29 is 13.9 Å². The fourth-order valence-electron chi connectivity index (χ4n) is 1.82. The summed E-state index contributed by atoms with van der Waals surface area (Å²) in [6.45, 7) is 2.18. The maximum Gasteiger partial charge on any atom is 0.348 e. The Morgan fingerprint density at radius 3 is 3.00 bits per heavy atom. The molecular weight excluding hydrogens is 236 g/mol. The topological polar surface area (TPSA) is 39.4 Å². The number of fused-ring (bicyclic) bond motifs is 3.